The first-order chi connectivity index (χ1) is 12.7. The summed E-state index contributed by atoms with van der Waals surface area (Å²) in [6, 6.07) is 8.17. The molecule has 4 rings (SSSR count). The van der Waals surface area contributed by atoms with Gasteiger partial charge >= 0.3 is 0 Å². The van der Waals surface area contributed by atoms with Gasteiger partial charge in [-0.2, -0.15) is 4.98 Å². The lowest BCUT2D eigenvalue weighted by molar-refractivity contribution is 0.193. The molecule has 0 amide bonds. The van der Waals surface area contributed by atoms with Gasteiger partial charge in [-0.1, -0.05) is 23.7 Å². The van der Waals surface area contributed by atoms with Crippen LogP contribution in [-0.2, 0) is 17.7 Å². The largest absolute Gasteiger partial charge is 0.395 e. The van der Waals surface area contributed by atoms with Crippen molar-refractivity contribution < 1.29 is 9.84 Å². The van der Waals surface area contributed by atoms with Crippen LogP contribution in [0.5, 0.6) is 0 Å². The number of benzene rings is 1. The smallest absolute Gasteiger partial charge is 0.224 e. The van der Waals surface area contributed by atoms with Crippen molar-refractivity contribution in [1.29, 1.82) is 0 Å². The second kappa shape index (κ2) is 7.78. The van der Waals surface area contributed by atoms with E-state index in [1.54, 1.807) is 0 Å². The Bertz CT molecular complexity index is 780. The van der Waals surface area contributed by atoms with E-state index in [0.717, 1.165) is 49.1 Å². The van der Waals surface area contributed by atoms with Gasteiger partial charge in [0.05, 0.1) is 18.9 Å². The molecule has 26 heavy (non-hydrogen) atoms. The SMILES string of the molecule is OCCNc1nc([C@@H]2CCOC2)cc(N2CCc3c(Cl)cccc3C2)n1. The molecule has 0 spiro atoms. The van der Waals surface area contributed by atoms with Gasteiger partial charge in [-0.05, 0) is 30.0 Å². The first-order valence-corrected chi connectivity index (χ1v) is 9.45. The summed E-state index contributed by atoms with van der Waals surface area (Å²) in [5, 5.41) is 13.1. The van der Waals surface area contributed by atoms with Crippen molar-refractivity contribution in [2.24, 2.45) is 0 Å². The van der Waals surface area contributed by atoms with E-state index >= 15 is 0 Å². The molecule has 6 nitrogen and oxygen atoms in total. The summed E-state index contributed by atoms with van der Waals surface area (Å²) < 4.78 is 5.53. The van der Waals surface area contributed by atoms with Crippen molar-refractivity contribution in [1.82, 2.24) is 9.97 Å². The second-order valence-corrected chi connectivity index (χ2v) is 7.14. The molecule has 138 valence electrons. The van der Waals surface area contributed by atoms with Gasteiger partial charge in [0.2, 0.25) is 5.95 Å². The zero-order valence-electron chi connectivity index (χ0n) is 14.6. The van der Waals surface area contributed by atoms with Gasteiger partial charge in [-0.25, -0.2) is 4.98 Å². The topological polar surface area (TPSA) is 70.5 Å². The highest BCUT2D eigenvalue weighted by Gasteiger charge is 2.24. The molecule has 1 saturated heterocycles. The Morgan fingerprint density at radius 1 is 1.35 bits per heavy atom. The van der Waals surface area contributed by atoms with Gasteiger partial charge in [0, 0.05) is 43.2 Å². The average molecular weight is 375 g/mol. The number of halogens is 1. The number of anilines is 2. The lowest BCUT2D eigenvalue weighted by Crippen LogP contribution is -2.31. The van der Waals surface area contributed by atoms with E-state index in [-0.39, 0.29) is 6.61 Å². The Morgan fingerprint density at radius 2 is 2.27 bits per heavy atom. The number of nitrogens with one attached hydrogen (secondary N) is 1. The molecule has 1 fully saturated rings. The summed E-state index contributed by atoms with van der Waals surface area (Å²) in [4.78, 5) is 11.6. The zero-order valence-corrected chi connectivity index (χ0v) is 15.4. The van der Waals surface area contributed by atoms with Gasteiger partial charge in [-0.15, -0.1) is 0 Å². The normalized spacial score (nSPS) is 19.5. The van der Waals surface area contributed by atoms with Gasteiger partial charge < -0.3 is 20.1 Å². The zero-order chi connectivity index (χ0) is 17.9. The molecule has 1 aromatic carbocycles. The molecule has 1 aromatic heterocycles. The second-order valence-electron chi connectivity index (χ2n) is 6.73. The van der Waals surface area contributed by atoms with Crippen LogP contribution < -0.4 is 10.2 Å². The fourth-order valence-electron chi connectivity index (χ4n) is 3.60. The fourth-order valence-corrected chi connectivity index (χ4v) is 3.89. The molecule has 2 N–H and O–H groups in total. The number of hydrogen-bond acceptors (Lipinski definition) is 6. The lowest BCUT2D eigenvalue weighted by atomic mass is 9.99. The summed E-state index contributed by atoms with van der Waals surface area (Å²) >= 11 is 6.34. The number of aliphatic hydroxyl groups excluding tert-OH is 1. The number of hydrogen-bond donors (Lipinski definition) is 2. The molecule has 3 heterocycles. The number of aromatic nitrogens is 2. The monoisotopic (exact) mass is 374 g/mol. The standard InChI is InChI=1S/C19H23ClN4O2/c20-16-3-1-2-13-11-24(7-4-15(13)16)18-10-17(14-5-9-26-12-14)22-19(23-18)21-6-8-25/h1-3,10,14,25H,4-9,11-12H2,(H,21,22,23)/t14-/m1/s1. The van der Waals surface area contributed by atoms with Crippen molar-refractivity contribution in [3.63, 3.8) is 0 Å². The number of aliphatic hydroxyl groups is 1. The summed E-state index contributed by atoms with van der Waals surface area (Å²) in [6.07, 6.45) is 1.88. The van der Waals surface area contributed by atoms with Crippen LogP contribution in [0.4, 0.5) is 11.8 Å². The van der Waals surface area contributed by atoms with Crippen molar-refractivity contribution in [3.05, 3.63) is 46.1 Å². The maximum Gasteiger partial charge on any atom is 0.224 e. The van der Waals surface area contributed by atoms with E-state index in [4.69, 9.17) is 21.4 Å². The molecule has 2 aliphatic rings. The minimum absolute atomic E-state index is 0.0467. The Labute approximate surface area is 158 Å². The number of nitrogens with zero attached hydrogens (tertiary/aromatic N) is 3. The van der Waals surface area contributed by atoms with Crippen molar-refractivity contribution in [3.8, 4) is 0 Å². The molecule has 1 atom stereocenters. The Kier molecular flexibility index (Phi) is 5.24. The van der Waals surface area contributed by atoms with Crippen LogP contribution in [0.3, 0.4) is 0 Å². The van der Waals surface area contributed by atoms with Crippen LogP contribution in [0.2, 0.25) is 5.02 Å². The minimum atomic E-state index is 0.0467. The minimum Gasteiger partial charge on any atom is -0.395 e. The third kappa shape index (κ3) is 3.63. The summed E-state index contributed by atoms with van der Waals surface area (Å²) in [5.41, 5.74) is 3.49. The fraction of sp³-hybridized carbons (Fsp3) is 0.474. The van der Waals surface area contributed by atoms with E-state index in [0.29, 0.717) is 25.0 Å². The first-order valence-electron chi connectivity index (χ1n) is 9.07. The average Bonchev–Trinajstić information content (AvgIpc) is 3.21. The molecule has 7 heteroatoms. The van der Waals surface area contributed by atoms with E-state index < -0.39 is 0 Å². The van der Waals surface area contributed by atoms with E-state index in [1.807, 2.05) is 12.1 Å². The van der Waals surface area contributed by atoms with E-state index in [1.165, 1.54) is 11.1 Å². The lowest BCUT2D eigenvalue weighted by Gasteiger charge is -2.31. The highest BCUT2D eigenvalue weighted by Crippen LogP contribution is 2.31. The highest BCUT2D eigenvalue weighted by molar-refractivity contribution is 6.31. The maximum absolute atomic E-state index is 9.10. The van der Waals surface area contributed by atoms with Gasteiger partial charge in [0.1, 0.15) is 5.82 Å². The molecular weight excluding hydrogens is 352 g/mol. The Hall–Kier alpha value is -1.89. The summed E-state index contributed by atoms with van der Waals surface area (Å²) in [7, 11) is 0. The van der Waals surface area contributed by atoms with Crippen LogP contribution in [0.25, 0.3) is 0 Å². The van der Waals surface area contributed by atoms with Crippen molar-refractivity contribution >= 4 is 23.4 Å². The van der Waals surface area contributed by atoms with Crippen LogP contribution in [-0.4, -0.2) is 48.0 Å². The molecule has 0 aliphatic carbocycles. The molecule has 2 aromatic rings. The van der Waals surface area contributed by atoms with Gasteiger partial charge in [0.15, 0.2) is 0 Å². The highest BCUT2D eigenvalue weighted by atomic mass is 35.5. The number of rotatable bonds is 5. The maximum atomic E-state index is 9.10. The van der Waals surface area contributed by atoms with Crippen LogP contribution in [0.1, 0.15) is 29.2 Å². The van der Waals surface area contributed by atoms with Crippen LogP contribution >= 0.6 is 11.6 Å². The first kappa shape index (κ1) is 17.5. The van der Waals surface area contributed by atoms with Crippen molar-refractivity contribution in [2.75, 3.05) is 43.1 Å². The number of ether oxygens (including phenoxy) is 1. The summed E-state index contributed by atoms with van der Waals surface area (Å²) in [5.74, 6) is 1.78. The third-order valence-corrected chi connectivity index (χ3v) is 5.36. The van der Waals surface area contributed by atoms with Gasteiger partial charge in [0.25, 0.3) is 0 Å². The van der Waals surface area contributed by atoms with Crippen LogP contribution in [0, 0.1) is 0 Å². The molecular formula is C19H23ClN4O2. The number of fused-ring (bicyclic) bond motifs is 1. The Morgan fingerprint density at radius 3 is 3.08 bits per heavy atom. The van der Waals surface area contributed by atoms with E-state index in [2.05, 4.69) is 32.3 Å². The molecule has 0 bridgehead atoms. The van der Waals surface area contributed by atoms with E-state index in [9.17, 15) is 0 Å². The summed E-state index contributed by atoms with van der Waals surface area (Å²) in [6.45, 7) is 3.61. The predicted molar refractivity (Wildman–Crippen MR) is 102 cm³/mol. The third-order valence-electron chi connectivity index (χ3n) is 5.01. The molecule has 0 unspecified atom stereocenters. The van der Waals surface area contributed by atoms with Crippen LogP contribution in [0.15, 0.2) is 24.3 Å². The van der Waals surface area contributed by atoms with Crippen molar-refractivity contribution in [2.45, 2.75) is 25.3 Å². The molecule has 2 aliphatic heterocycles. The van der Waals surface area contributed by atoms with Gasteiger partial charge in [-0.3, -0.25) is 0 Å². The molecule has 0 radical (unpaired) electrons. The quantitative estimate of drug-likeness (QED) is 0.838. The molecule has 0 saturated carbocycles. The Balaban J connectivity index is 1.63. The predicted octanol–water partition coefficient (Wildman–Crippen LogP) is 2.60.